The highest BCUT2D eigenvalue weighted by Crippen LogP contribution is 2.35. The van der Waals surface area contributed by atoms with Crippen molar-refractivity contribution in [1.29, 1.82) is 0 Å². The molecule has 1 aliphatic heterocycles. The Hall–Kier alpha value is -2.83. The molecule has 3 aromatic heterocycles. The van der Waals surface area contributed by atoms with Crippen molar-refractivity contribution in [2.75, 3.05) is 31.1 Å². The average Bonchev–Trinajstić information content (AvgIpc) is 3.31. The summed E-state index contributed by atoms with van der Waals surface area (Å²) in [6, 6.07) is 4.23. The van der Waals surface area contributed by atoms with Gasteiger partial charge in [-0.05, 0) is 30.9 Å². The van der Waals surface area contributed by atoms with Crippen LogP contribution in [0.5, 0.6) is 0 Å². The number of rotatable bonds is 3. The van der Waals surface area contributed by atoms with Gasteiger partial charge in [-0.1, -0.05) is 6.92 Å². The van der Waals surface area contributed by atoms with Crippen LogP contribution in [0.4, 0.5) is 5.69 Å². The first-order valence-electron chi connectivity index (χ1n) is 10.1. The standard InChI is InChI=1S/C21H26N6O/c1-14-9-15(10-14)21(28)27-7-5-26(6-8-27)19-3-4-22-20-17(19)11-18(24-20)16-12-23-25(2)13-16/h3-4,11-15H,5-10H2,1-2H3,(H,22,24). The minimum atomic E-state index is 0.265. The van der Waals surface area contributed by atoms with Gasteiger partial charge in [0, 0.05) is 68.2 Å². The first kappa shape index (κ1) is 17.3. The lowest BCUT2D eigenvalue weighted by atomic mass is 9.75. The number of H-pyrrole nitrogens is 1. The van der Waals surface area contributed by atoms with Crippen LogP contribution in [0.1, 0.15) is 19.8 Å². The normalized spacial score (nSPS) is 22.5. The zero-order valence-corrected chi connectivity index (χ0v) is 16.4. The molecule has 4 heterocycles. The summed E-state index contributed by atoms with van der Waals surface area (Å²) < 4.78 is 1.80. The third kappa shape index (κ3) is 2.95. The van der Waals surface area contributed by atoms with Crippen LogP contribution < -0.4 is 4.90 Å². The Bertz CT molecular complexity index is 1010. The molecular weight excluding hydrogens is 352 g/mol. The van der Waals surface area contributed by atoms with Gasteiger partial charge in [0.15, 0.2) is 0 Å². The van der Waals surface area contributed by atoms with Gasteiger partial charge in [0.05, 0.1) is 11.9 Å². The van der Waals surface area contributed by atoms with Crippen LogP contribution in [-0.4, -0.2) is 56.7 Å². The molecule has 7 heteroatoms. The van der Waals surface area contributed by atoms with Crippen LogP contribution >= 0.6 is 0 Å². The SMILES string of the molecule is CC1CC(C(=O)N2CCN(c3ccnc4[nH]c(-c5cnn(C)c5)cc34)CC2)C1. The van der Waals surface area contributed by atoms with Gasteiger partial charge in [0.1, 0.15) is 5.65 Å². The molecule has 28 heavy (non-hydrogen) atoms. The van der Waals surface area contributed by atoms with Gasteiger partial charge >= 0.3 is 0 Å². The molecule has 1 aliphatic carbocycles. The molecule has 1 saturated heterocycles. The zero-order valence-electron chi connectivity index (χ0n) is 16.4. The van der Waals surface area contributed by atoms with Crippen LogP contribution in [0.25, 0.3) is 22.3 Å². The largest absolute Gasteiger partial charge is 0.367 e. The lowest BCUT2D eigenvalue weighted by Crippen LogP contribution is -2.52. The van der Waals surface area contributed by atoms with Crippen molar-refractivity contribution in [3.63, 3.8) is 0 Å². The average molecular weight is 378 g/mol. The number of fused-ring (bicyclic) bond motifs is 1. The molecule has 5 rings (SSSR count). The summed E-state index contributed by atoms with van der Waals surface area (Å²) in [7, 11) is 1.92. The van der Waals surface area contributed by atoms with E-state index in [9.17, 15) is 4.79 Å². The molecule has 2 aliphatic rings. The Labute approximate surface area is 164 Å². The van der Waals surface area contributed by atoms with Crippen molar-refractivity contribution < 1.29 is 4.79 Å². The Kier molecular flexibility index (Phi) is 4.10. The van der Waals surface area contributed by atoms with E-state index in [1.165, 1.54) is 5.69 Å². The van der Waals surface area contributed by atoms with E-state index in [-0.39, 0.29) is 5.92 Å². The van der Waals surface area contributed by atoms with E-state index in [4.69, 9.17) is 0 Å². The molecule has 1 N–H and O–H groups in total. The molecule has 0 bridgehead atoms. The molecule has 3 aromatic rings. The van der Waals surface area contributed by atoms with E-state index < -0.39 is 0 Å². The van der Waals surface area contributed by atoms with Gasteiger partial charge in [0.2, 0.25) is 5.91 Å². The highest BCUT2D eigenvalue weighted by molar-refractivity contribution is 5.93. The summed E-state index contributed by atoms with van der Waals surface area (Å²) in [6.07, 6.45) is 7.83. The van der Waals surface area contributed by atoms with Crippen LogP contribution in [0.15, 0.2) is 30.7 Å². The number of anilines is 1. The Morgan fingerprint density at radius 3 is 2.68 bits per heavy atom. The second-order valence-corrected chi connectivity index (χ2v) is 8.26. The van der Waals surface area contributed by atoms with Crippen LogP contribution in [0.3, 0.4) is 0 Å². The molecule has 0 radical (unpaired) electrons. The van der Waals surface area contributed by atoms with Crippen molar-refractivity contribution in [3.05, 3.63) is 30.7 Å². The monoisotopic (exact) mass is 378 g/mol. The third-order valence-corrected chi connectivity index (χ3v) is 6.18. The molecule has 0 unspecified atom stereocenters. The van der Waals surface area contributed by atoms with Crippen molar-refractivity contribution in [1.82, 2.24) is 24.6 Å². The Balaban J connectivity index is 1.34. The first-order valence-corrected chi connectivity index (χ1v) is 10.1. The molecule has 7 nitrogen and oxygen atoms in total. The molecule has 0 aromatic carbocycles. The Morgan fingerprint density at radius 1 is 1.21 bits per heavy atom. The number of carbonyl (C=O) groups excluding carboxylic acids is 1. The number of piperazine rings is 1. The van der Waals surface area contributed by atoms with Crippen LogP contribution in [0, 0.1) is 11.8 Å². The maximum Gasteiger partial charge on any atom is 0.225 e. The van der Waals surface area contributed by atoms with Crippen LogP contribution in [-0.2, 0) is 11.8 Å². The van der Waals surface area contributed by atoms with E-state index in [1.54, 1.807) is 4.68 Å². The van der Waals surface area contributed by atoms with Gasteiger partial charge < -0.3 is 14.8 Å². The number of aromatic amines is 1. The topological polar surface area (TPSA) is 70.1 Å². The minimum absolute atomic E-state index is 0.265. The van der Waals surface area contributed by atoms with Crippen molar-refractivity contribution in [2.24, 2.45) is 18.9 Å². The van der Waals surface area contributed by atoms with Crippen molar-refractivity contribution in [2.45, 2.75) is 19.8 Å². The van der Waals surface area contributed by atoms with E-state index in [0.29, 0.717) is 11.8 Å². The molecule has 146 valence electrons. The number of carbonyl (C=O) groups is 1. The van der Waals surface area contributed by atoms with Gasteiger partial charge in [-0.15, -0.1) is 0 Å². The maximum atomic E-state index is 12.6. The highest BCUT2D eigenvalue weighted by Gasteiger charge is 2.35. The fourth-order valence-corrected chi connectivity index (χ4v) is 4.53. The molecule has 0 spiro atoms. The summed E-state index contributed by atoms with van der Waals surface area (Å²) in [5.74, 6) is 1.34. The number of hydrogen-bond donors (Lipinski definition) is 1. The smallest absolute Gasteiger partial charge is 0.225 e. The van der Waals surface area contributed by atoms with Gasteiger partial charge in [0.25, 0.3) is 0 Å². The predicted molar refractivity (Wildman–Crippen MR) is 109 cm³/mol. The van der Waals surface area contributed by atoms with Gasteiger partial charge in [-0.25, -0.2) is 4.98 Å². The zero-order chi connectivity index (χ0) is 19.3. The number of aryl methyl sites for hydroxylation is 1. The summed E-state index contributed by atoms with van der Waals surface area (Å²) in [5.41, 5.74) is 4.15. The molecule has 1 amide bonds. The lowest BCUT2D eigenvalue weighted by Gasteiger charge is -2.40. The van der Waals surface area contributed by atoms with E-state index in [1.807, 2.05) is 25.6 Å². The van der Waals surface area contributed by atoms with Crippen molar-refractivity contribution >= 4 is 22.6 Å². The van der Waals surface area contributed by atoms with Crippen LogP contribution in [0.2, 0.25) is 0 Å². The van der Waals surface area contributed by atoms with Crippen molar-refractivity contribution in [3.8, 4) is 11.3 Å². The fraction of sp³-hybridized carbons (Fsp3) is 0.476. The number of aromatic nitrogens is 4. The number of nitrogens with one attached hydrogen (secondary N) is 1. The number of pyridine rings is 1. The maximum absolute atomic E-state index is 12.6. The molecule has 0 atom stereocenters. The number of hydrogen-bond acceptors (Lipinski definition) is 4. The minimum Gasteiger partial charge on any atom is -0.367 e. The van der Waals surface area contributed by atoms with E-state index >= 15 is 0 Å². The third-order valence-electron chi connectivity index (χ3n) is 6.18. The summed E-state index contributed by atoms with van der Waals surface area (Å²) in [5, 5.41) is 5.38. The second kappa shape index (κ2) is 6.65. The molecular formula is C21H26N6O. The van der Waals surface area contributed by atoms with E-state index in [0.717, 1.165) is 61.3 Å². The lowest BCUT2D eigenvalue weighted by molar-refractivity contribution is -0.140. The summed E-state index contributed by atoms with van der Waals surface area (Å²) >= 11 is 0. The molecule has 2 fully saturated rings. The summed E-state index contributed by atoms with van der Waals surface area (Å²) in [6.45, 7) is 5.55. The summed E-state index contributed by atoms with van der Waals surface area (Å²) in [4.78, 5) is 25.0. The van der Waals surface area contributed by atoms with Gasteiger partial charge in [-0.2, -0.15) is 5.10 Å². The second-order valence-electron chi connectivity index (χ2n) is 8.26. The van der Waals surface area contributed by atoms with Gasteiger partial charge in [-0.3, -0.25) is 9.48 Å². The first-order chi connectivity index (χ1) is 13.6. The number of nitrogens with zero attached hydrogens (tertiary/aromatic N) is 5. The predicted octanol–water partition coefficient (Wildman–Crippen LogP) is 2.66. The van der Waals surface area contributed by atoms with E-state index in [2.05, 4.69) is 43.9 Å². The fourth-order valence-electron chi connectivity index (χ4n) is 4.53. The number of amides is 1. The quantitative estimate of drug-likeness (QED) is 0.761. The Morgan fingerprint density at radius 2 is 2.00 bits per heavy atom. The highest BCUT2D eigenvalue weighted by atomic mass is 16.2. The molecule has 1 saturated carbocycles.